The number of rotatable bonds is 2. The van der Waals surface area contributed by atoms with Crippen LogP contribution >= 0.6 is 0 Å². The molecular formula is C10H19NO2. The third-order valence-corrected chi connectivity index (χ3v) is 2.53. The van der Waals surface area contributed by atoms with Gasteiger partial charge >= 0.3 is 0 Å². The molecule has 1 aliphatic rings. The minimum Gasteiger partial charge on any atom is -0.379 e. The van der Waals surface area contributed by atoms with Gasteiger partial charge in [0.25, 0.3) is 0 Å². The summed E-state index contributed by atoms with van der Waals surface area (Å²) in [5, 5.41) is 3.12. The zero-order valence-electron chi connectivity index (χ0n) is 8.89. The highest BCUT2D eigenvalue weighted by molar-refractivity contribution is 5.86. The van der Waals surface area contributed by atoms with Crippen LogP contribution in [-0.4, -0.2) is 32.1 Å². The van der Waals surface area contributed by atoms with E-state index in [1.165, 1.54) is 0 Å². The molecule has 0 aromatic heterocycles. The number of ketones is 1. The zero-order valence-corrected chi connectivity index (χ0v) is 8.89. The lowest BCUT2D eigenvalue weighted by molar-refractivity contribution is -0.130. The van der Waals surface area contributed by atoms with Gasteiger partial charge in [-0.1, -0.05) is 20.8 Å². The second kappa shape index (κ2) is 3.76. The van der Waals surface area contributed by atoms with Crippen molar-refractivity contribution in [2.24, 2.45) is 11.3 Å². The second-order valence-electron chi connectivity index (χ2n) is 4.65. The van der Waals surface area contributed by atoms with Gasteiger partial charge in [0.1, 0.15) is 5.78 Å². The van der Waals surface area contributed by atoms with Crippen molar-refractivity contribution in [3.8, 4) is 0 Å². The van der Waals surface area contributed by atoms with Crippen LogP contribution in [-0.2, 0) is 9.53 Å². The number of nitrogens with one attached hydrogen (secondary N) is 1. The van der Waals surface area contributed by atoms with Crippen molar-refractivity contribution in [1.29, 1.82) is 0 Å². The van der Waals surface area contributed by atoms with Crippen LogP contribution < -0.4 is 5.32 Å². The van der Waals surface area contributed by atoms with Crippen LogP contribution in [0, 0.1) is 11.3 Å². The molecule has 13 heavy (non-hydrogen) atoms. The number of ether oxygens (including phenoxy) is 1. The molecule has 2 atom stereocenters. The maximum Gasteiger partial charge on any atom is 0.145 e. The molecule has 76 valence electrons. The smallest absolute Gasteiger partial charge is 0.145 e. The molecule has 0 aromatic carbocycles. The van der Waals surface area contributed by atoms with Gasteiger partial charge in [-0.15, -0.1) is 0 Å². The van der Waals surface area contributed by atoms with Crippen LogP contribution in [0.3, 0.4) is 0 Å². The van der Waals surface area contributed by atoms with E-state index in [0.717, 1.165) is 0 Å². The molecule has 0 amide bonds. The van der Waals surface area contributed by atoms with Crippen molar-refractivity contribution in [2.75, 3.05) is 20.3 Å². The first-order valence-electron chi connectivity index (χ1n) is 4.76. The first-order valence-corrected chi connectivity index (χ1v) is 4.76. The molecule has 1 fully saturated rings. The lowest BCUT2D eigenvalue weighted by Gasteiger charge is -2.24. The van der Waals surface area contributed by atoms with Crippen molar-refractivity contribution >= 4 is 5.78 Å². The van der Waals surface area contributed by atoms with Crippen molar-refractivity contribution < 1.29 is 9.53 Å². The molecular weight excluding hydrogens is 166 g/mol. The molecule has 2 unspecified atom stereocenters. The Labute approximate surface area is 79.8 Å². The van der Waals surface area contributed by atoms with Crippen molar-refractivity contribution in [1.82, 2.24) is 5.32 Å². The molecule has 1 aliphatic heterocycles. The van der Waals surface area contributed by atoms with Gasteiger partial charge in [0, 0.05) is 11.5 Å². The molecule has 3 heteroatoms. The highest BCUT2D eigenvalue weighted by Crippen LogP contribution is 2.25. The van der Waals surface area contributed by atoms with Crippen LogP contribution in [0.1, 0.15) is 20.8 Å². The molecule has 1 saturated heterocycles. The average molecular weight is 185 g/mol. The molecule has 0 spiro atoms. The predicted octanol–water partition coefficient (Wildman–Crippen LogP) is 0.836. The lowest BCUT2D eigenvalue weighted by Crippen LogP contribution is -2.41. The van der Waals surface area contributed by atoms with Gasteiger partial charge < -0.3 is 10.1 Å². The van der Waals surface area contributed by atoms with Gasteiger partial charge in [-0.25, -0.2) is 0 Å². The molecule has 3 nitrogen and oxygen atoms in total. The topological polar surface area (TPSA) is 38.3 Å². The number of likely N-dealkylation sites (N-methyl/N-ethyl adjacent to an activating group) is 1. The molecule has 1 heterocycles. The van der Waals surface area contributed by atoms with E-state index in [4.69, 9.17) is 4.74 Å². The Morgan fingerprint density at radius 3 is 2.46 bits per heavy atom. The van der Waals surface area contributed by atoms with Crippen LogP contribution in [0.15, 0.2) is 0 Å². The van der Waals surface area contributed by atoms with E-state index in [0.29, 0.717) is 19.0 Å². The van der Waals surface area contributed by atoms with Crippen LogP contribution in [0.5, 0.6) is 0 Å². The largest absolute Gasteiger partial charge is 0.379 e. The Kier molecular flexibility index (Phi) is 3.09. The summed E-state index contributed by atoms with van der Waals surface area (Å²) in [4.78, 5) is 11.9. The number of hydrogen-bond acceptors (Lipinski definition) is 3. The summed E-state index contributed by atoms with van der Waals surface area (Å²) in [5.74, 6) is 0.328. The minimum absolute atomic E-state index is 0.0324. The maximum atomic E-state index is 11.9. The van der Waals surface area contributed by atoms with Gasteiger partial charge in [0.2, 0.25) is 0 Å². The van der Waals surface area contributed by atoms with E-state index in [1.807, 2.05) is 27.8 Å². The summed E-state index contributed by atoms with van der Waals surface area (Å²) in [5.41, 5.74) is -0.256. The van der Waals surface area contributed by atoms with Gasteiger partial charge in [0.15, 0.2) is 0 Å². The Morgan fingerprint density at radius 2 is 2.00 bits per heavy atom. The highest BCUT2D eigenvalue weighted by atomic mass is 16.5. The summed E-state index contributed by atoms with van der Waals surface area (Å²) in [6, 6.07) is 0.201. The fourth-order valence-corrected chi connectivity index (χ4v) is 1.65. The van der Waals surface area contributed by atoms with Crippen molar-refractivity contribution in [3.63, 3.8) is 0 Å². The maximum absolute atomic E-state index is 11.9. The number of carbonyl (C=O) groups excluding carboxylic acids is 1. The summed E-state index contributed by atoms with van der Waals surface area (Å²) >= 11 is 0. The number of Topliss-reactive ketones (excluding diaryl/α,β-unsaturated/α-hetero) is 1. The van der Waals surface area contributed by atoms with E-state index < -0.39 is 0 Å². The molecule has 0 saturated carbocycles. The van der Waals surface area contributed by atoms with Gasteiger partial charge in [-0.2, -0.15) is 0 Å². The van der Waals surface area contributed by atoms with Crippen LogP contribution in [0.25, 0.3) is 0 Å². The standard InChI is InChI=1S/C10H19NO2/c1-10(2,3)9(12)7-5-13-6-8(7)11-4/h7-8,11H,5-6H2,1-4H3. The minimum atomic E-state index is -0.256. The fourth-order valence-electron chi connectivity index (χ4n) is 1.65. The first kappa shape index (κ1) is 10.7. The summed E-state index contributed by atoms with van der Waals surface area (Å²) in [7, 11) is 1.88. The number of carbonyl (C=O) groups is 1. The monoisotopic (exact) mass is 185 g/mol. The number of hydrogen-bond donors (Lipinski definition) is 1. The fraction of sp³-hybridized carbons (Fsp3) is 0.900. The summed E-state index contributed by atoms with van der Waals surface area (Å²) in [6.45, 7) is 7.10. The van der Waals surface area contributed by atoms with Crippen molar-refractivity contribution in [2.45, 2.75) is 26.8 Å². The lowest BCUT2D eigenvalue weighted by atomic mass is 9.81. The van der Waals surface area contributed by atoms with Gasteiger partial charge in [-0.3, -0.25) is 4.79 Å². The summed E-state index contributed by atoms with van der Waals surface area (Å²) in [6.07, 6.45) is 0. The third-order valence-electron chi connectivity index (χ3n) is 2.53. The molecule has 0 aliphatic carbocycles. The molecule has 1 rings (SSSR count). The van der Waals surface area contributed by atoms with Gasteiger partial charge in [-0.05, 0) is 7.05 Å². The quantitative estimate of drug-likeness (QED) is 0.692. The van der Waals surface area contributed by atoms with Gasteiger partial charge in [0.05, 0.1) is 19.1 Å². The van der Waals surface area contributed by atoms with Crippen LogP contribution in [0.4, 0.5) is 0 Å². The second-order valence-corrected chi connectivity index (χ2v) is 4.65. The van der Waals surface area contributed by atoms with E-state index >= 15 is 0 Å². The molecule has 0 radical (unpaired) electrons. The van der Waals surface area contributed by atoms with E-state index in [-0.39, 0.29) is 17.4 Å². The Bertz CT molecular complexity index is 196. The average Bonchev–Trinajstić information content (AvgIpc) is 2.48. The molecule has 0 bridgehead atoms. The normalized spacial score (nSPS) is 29.2. The Hall–Kier alpha value is -0.410. The molecule has 0 aromatic rings. The Balaban J connectivity index is 2.66. The summed E-state index contributed by atoms with van der Waals surface area (Å²) < 4.78 is 5.29. The van der Waals surface area contributed by atoms with E-state index in [1.54, 1.807) is 0 Å². The van der Waals surface area contributed by atoms with E-state index in [9.17, 15) is 4.79 Å². The zero-order chi connectivity index (χ0) is 10.1. The van der Waals surface area contributed by atoms with Crippen molar-refractivity contribution in [3.05, 3.63) is 0 Å². The predicted molar refractivity (Wildman–Crippen MR) is 51.6 cm³/mol. The SMILES string of the molecule is CNC1COCC1C(=O)C(C)(C)C. The molecule has 1 N–H and O–H groups in total. The highest BCUT2D eigenvalue weighted by Gasteiger charge is 2.38. The first-order chi connectivity index (χ1) is 5.96. The van der Waals surface area contributed by atoms with Crippen LogP contribution in [0.2, 0.25) is 0 Å². The Morgan fingerprint density at radius 1 is 1.38 bits per heavy atom. The van der Waals surface area contributed by atoms with E-state index in [2.05, 4.69) is 5.32 Å². The third kappa shape index (κ3) is 2.29.